The van der Waals surface area contributed by atoms with Crippen LogP contribution in [-0.4, -0.2) is 14.3 Å². The fourth-order valence-electron chi connectivity index (χ4n) is 0.965. The van der Waals surface area contributed by atoms with Crippen molar-refractivity contribution < 1.29 is 9.21 Å². The van der Waals surface area contributed by atoms with Gasteiger partial charge in [-0.3, -0.25) is 0 Å². The Kier molecular flexibility index (Phi) is 3.35. The Bertz CT molecular complexity index is 290. The largest absolute Gasteiger partial charge is 0.467 e. The molecule has 0 aliphatic carbocycles. The average Bonchev–Trinajstić information content (AvgIpc) is 2.49. The highest BCUT2D eigenvalue weighted by Crippen LogP contribution is 1.99. The summed E-state index contributed by atoms with van der Waals surface area (Å²) < 4.78 is 5.08. The minimum absolute atomic E-state index is 0.124. The summed E-state index contributed by atoms with van der Waals surface area (Å²) in [5.74, 6) is 0.760. The summed E-state index contributed by atoms with van der Waals surface area (Å²) in [4.78, 5) is 14.3. The van der Waals surface area contributed by atoms with Crippen LogP contribution in [0.5, 0.6) is 0 Å². The lowest BCUT2D eigenvalue weighted by Crippen LogP contribution is -2.49. The first-order valence-corrected chi connectivity index (χ1v) is 8.06. The molecule has 1 heterocycles. The molecule has 1 rings (SSSR count). The predicted octanol–water partition coefficient (Wildman–Crippen LogP) is 1.91. The van der Waals surface area contributed by atoms with Gasteiger partial charge < -0.3 is 14.7 Å². The van der Waals surface area contributed by atoms with E-state index in [2.05, 4.69) is 29.9 Å². The molecule has 5 heteroatoms. The molecule has 0 saturated carbocycles. The summed E-state index contributed by atoms with van der Waals surface area (Å²) in [7, 11) is -1.54. The van der Waals surface area contributed by atoms with Gasteiger partial charge >= 0.3 is 6.03 Å². The van der Waals surface area contributed by atoms with Crippen molar-refractivity contribution in [2.75, 3.05) is 0 Å². The number of furan rings is 1. The van der Waals surface area contributed by atoms with Crippen LogP contribution in [0.4, 0.5) is 4.79 Å². The monoisotopic (exact) mass is 212 g/mol. The number of hydrogen-bond acceptors (Lipinski definition) is 2. The van der Waals surface area contributed by atoms with Crippen LogP contribution >= 0.6 is 0 Å². The summed E-state index contributed by atoms with van der Waals surface area (Å²) in [5.41, 5.74) is 0. The molecule has 2 N–H and O–H groups in total. The molecule has 1 aromatic heterocycles. The van der Waals surface area contributed by atoms with E-state index >= 15 is 0 Å². The highest BCUT2D eigenvalue weighted by molar-refractivity contribution is 6.75. The first-order valence-electron chi connectivity index (χ1n) is 4.56. The Morgan fingerprint density at radius 3 is 2.71 bits per heavy atom. The number of amides is 2. The van der Waals surface area contributed by atoms with E-state index in [4.69, 9.17) is 4.42 Å². The summed E-state index contributed by atoms with van der Waals surface area (Å²) >= 11 is 0. The van der Waals surface area contributed by atoms with E-state index < -0.39 is 8.24 Å². The zero-order chi connectivity index (χ0) is 10.6. The molecule has 0 bridgehead atoms. The van der Waals surface area contributed by atoms with Crippen LogP contribution in [-0.2, 0) is 6.54 Å². The van der Waals surface area contributed by atoms with Gasteiger partial charge in [0.25, 0.3) is 0 Å². The van der Waals surface area contributed by atoms with E-state index in [1.807, 2.05) is 6.07 Å². The minimum atomic E-state index is -1.54. The van der Waals surface area contributed by atoms with Gasteiger partial charge in [0.1, 0.15) is 14.0 Å². The third-order valence-electron chi connectivity index (χ3n) is 1.49. The summed E-state index contributed by atoms with van der Waals surface area (Å²) in [6.07, 6.45) is 1.59. The topological polar surface area (TPSA) is 54.3 Å². The van der Waals surface area contributed by atoms with Crippen LogP contribution < -0.4 is 10.3 Å². The number of nitrogens with one attached hydrogen (secondary N) is 2. The average molecular weight is 212 g/mol. The maximum absolute atomic E-state index is 11.3. The van der Waals surface area contributed by atoms with E-state index in [1.54, 1.807) is 12.3 Å². The molecule has 4 nitrogen and oxygen atoms in total. The standard InChI is InChI=1S/C9H16N2O2Si/c1-14(2,3)11-9(12)10-7-8-5-4-6-13-8/h4-6H,7H2,1-3H3,(H2,10,11,12). The number of carbonyl (C=O) groups is 1. The Morgan fingerprint density at radius 2 is 2.21 bits per heavy atom. The molecule has 0 atom stereocenters. The van der Waals surface area contributed by atoms with Crippen molar-refractivity contribution in [3.05, 3.63) is 24.2 Å². The van der Waals surface area contributed by atoms with Crippen LogP contribution in [0.15, 0.2) is 22.8 Å². The van der Waals surface area contributed by atoms with Crippen LogP contribution in [0.1, 0.15) is 5.76 Å². The van der Waals surface area contributed by atoms with Gasteiger partial charge in [-0.15, -0.1) is 0 Å². The van der Waals surface area contributed by atoms with Gasteiger partial charge in [0.2, 0.25) is 0 Å². The fourth-order valence-corrected chi connectivity index (χ4v) is 1.73. The highest BCUT2D eigenvalue weighted by atomic mass is 28.3. The normalized spacial score (nSPS) is 11.1. The summed E-state index contributed by atoms with van der Waals surface area (Å²) in [5, 5.41) is 2.73. The van der Waals surface area contributed by atoms with Gasteiger partial charge in [0, 0.05) is 0 Å². The van der Waals surface area contributed by atoms with Crippen molar-refractivity contribution >= 4 is 14.3 Å². The second kappa shape index (κ2) is 4.32. The lowest BCUT2D eigenvalue weighted by Gasteiger charge is -2.17. The highest BCUT2D eigenvalue weighted by Gasteiger charge is 2.16. The molecule has 0 unspecified atom stereocenters. The number of rotatable bonds is 3. The van der Waals surface area contributed by atoms with Crippen molar-refractivity contribution in [2.45, 2.75) is 26.2 Å². The Balaban J connectivity index is 2.29. The van der Waals surface area contributed by atoms with Crippen LogP contribution in [0.2, 0.25) is 19.6 Å². The van der Waals surface area contributed by atoms with Crippen molar-refractivity contribution in [1.29, 1.82) is 0 Å². The van der Waals surface area contributed by atoms with Gasteiger partial charge in [-0.1, -0.05) is 19.6 Å². The first kappa shape index (κ1) is 10.8. The van der Waals surface area contributed by atoms with Crippen molar-refractivity contribution in [2.24, 2.45) is 0 Å². The number of carbonyl (C=O) groups excluding carboxylic acids is 1. The maximum atomic E-state index is 11.3. The molecule has 1 aromatic rings. The fraction of sp³-hybridized carbons (Fsp3) is 0.444. The van der Waals surface area contributed by atoms with Gasteiger partial charge in [0.15, 0.2) is 0 Å². The molecule has 0 aliphatic rings. The molecule has 0 radical (unpaired) electrons. The maximum Gasteiger partial charge on any atom is 0.307 e. The van der Waals surface area contributed by atoms with E-state index in [0.29, 0.717) is 6.54 Å². The lowest BCUT2D eigenvalue weighted by molar-refractivity contribution is 0.244. The zero-order valence-corrected chi connectivity index (χ0v) is 9.76. The molecule has 0 aliphatic heterocycles. The lowest BCUT2D eigenvalue weighted by atomic mass is 10.4. The van der Waals surface area contributed by atoms with E-state index in [1.165, 1.54) is 0 Å². The van der Waals surface area contributed by atoms with Gasteiger partial charge in [-0.25, -0.2) is 4.79 Å². The van der Waals surface area contributed by atoms with Gasteiger partial charge in [-0.2, -0.15) is 0 Å². The van der Waals surface area contributed by atoms with Crippen LogP contribution in [0, 0.1) is 0 Å². The molecule has 0 aromatic carbocycles. The minimum Gasteiger partial charge on any atom is -0.467 e. The van der Waals surface area contributed by atoms with Crippen LogP contribution in [0.25, 0.3) is 0 Å². The quantitative estimate of drug-likeness (QED) is 0.752. The summed E-state index contributed by atoms with van der Waals surface area (Å²) in [6, 6.07) is 3.50. The van der Waals surface area contributed by atoms with Crippen molar-refractivity contribution in [3.8, 4) is 0 Å². The second-order valence-electron chi connectivity index (χ2n) is 4.14. The zero-order valence-electron chi connectivity index (χ0n) is 8.76. The number of hydrogen-bond donors (Lipinski definition) is 2. The van der Waals surface area contributed by atoms with Crippen molar-refractivity contribution in [3.63, 3.8) is 0 Å². The molecule has 0 fully saturated rings. The molecule has 2 amide bonds. The third kappa shape index (κ3) is 4.13. The SMILES string of the molecule is C[Si](C)(C)NC(=O)NCc1ccco1. The first-order chi connectivity index (χ1) is 6.47. The molecule has 14 heavy (non-hydrogen) atoms. The summed E-state index contributed by atoms with van der Waals surface area (Å²) in [6.45, 7) is 6.64. The predicted molar refractivity (Wildman–Crippen MR) is 57.4 cm³/mol. The van der Waals surface area contributed by atoms with Gasteiger partial charge in [-0.05, 0) is 12.1 Å². The molecule has 0 saturated heterocycles. The third-order valence-corrected chi connectivity index (χ3v) is 2.47. The van der Waals surface area contributed by atoms with E-state index in [9.17, 15) is 4.79 Å². The molecule has 78 valence electrons. The molecular weight excluding hydrogens is 196 g/mol. The Hall–Kier alpha value is -1.23. The number of urea groups is 1. The Morgan fingerprint density at radius 1 is 1.50 bits per heavy atom. The van der Waals surface area contributed by atoms with Crippen LogP contribution in [0.3, 0.4) is 0 Å². The van der Waals surface area contributed by atoms with E-state index in [-0.39, 0.29) is 6.03 Å². The smallest absolute Gasteiger partial charge is 0.307 e. The van der Waals surface area contributed by atoms with E-state index in [0.717, 1.165) is 5.76 Å². The second-order valence-corrected chi connectivity index (χ2v) is 8.89. The molecule has 0 spiro atoms. The van der Waals surface area contributed by atoms with Gasteiger partial charge in [0.05, 0.1) is 12.8 Å². The Labute approximate surface area is 84.8 Å². The molecular formula is C9H16N2O2Si. The van der Waals surface area contributed by atoms with Crippen molar-refractivity contribution in [1.82, 2.24) is 10.3 Å².